The number of para-hydroxylation sites is 2. The number of ether oxygens (including phenoxy) is 3. The molecule has 1 aliphatic heterocycles. The van der Waals surface area contributed by atoms with Gasteiger partial charge in [-0.2, -0.15) is 0 Å². The van der Waals surface area contributed by atoms with Crippen LogP contribution in [-0.4, -0.2) is 37.6 Å². The number of halogens is 1. The van der Waals surface area contributed by atoms with Crippen LogP contribution in [-0.2, 0) is 15.0 Å². The van der Waals surface area contributed by atoms with Gasteiger partial charge in [-0.1, -0.05) is 75.7 Å². The first-order valence-electron chi connectivity index (χ1n) is 13.1. The quantitative estimate of drug-likeness (QED) is 0.179. The number of nitrogens with zero attached hydrogens (tertiary/aromatic N) is 1. The van der Waals surface area contributed by atoms with Crippen LogP contribution in [0.1, 0.15) is 56.8 Å². The smallest absolute Gasteiger partial charge is 0.300 e. The van der Waals surface area contributed by atoms with Crippen molar-refractivity contribution in [3.05, 3.63) is 87.9 Å². The molecule has 4 rings (SSSR count). The molecule has 1 atom stereocenters. The molecule has 3 aromatic carbocycles. The second-order valence-electron chi connectivity index (χ2n) is 10.5. The van der Waals surface area contributed by atoms with Crippen LogP contribution in [0.5, 0.6) is 17.2 Å². The number of carbonyl (C=O) groups is 2. The number of methoxy groups -OCH3 is 2. The molecule has 1 saturated heterocycles. The topological polar surface area (TPSA) is 85.3 Å². The summed E-state index contributed by atoms with van der Waals surface area (Å²) in [5, 5.41) is 12.0. The van der Waals surface area contributed by atoms with E-state index in [9.17, 15) is 14.7 Å². The molecule has 0 saturated carbocycles. The van der Waals surface area contributed by atoms with Crippen LogP contribution in [0.2, 0.25) is 5.02 Å². The lowest BCUT2D eigenvalue weighted by Gasteiger charge is -2.28. The summed E-state index contributed by atoms with van der Waals surface area (Å²) in [7, 11) is 2.87. The van der Waals surface area contributed by atoms with E-state index < -0.39 is 23.5 Å². The number of ketones is 1. The van der Waals surface area contributed by atoms with Crippen LogP contribution in [0.25, 0.3) is 5.76 Å². The van der Waals surface area contributed by atoms with E-state index in [0.29, 0.717) is 23.6 Å². The number of amides is 1. The molecule has 0 spiro atoms. The van der Waals surface area contributed by atoms with Crippen molar-refractivity contribution in [2.75, 3.05) is 25.7 Å². The summed E-state index contributed by atoms with van der Waals surface area (Å²) in [6.07, 6.45) is 0.767. The molecule has 0 radical (unpaired) electrons. The molecule has 210 valence electrons. The van der Waals surface area contributed by atoms with Crippen molar-refractivity contribution in [3.63, 3.8) is 0 Å². The Balaban J connectivity index is 1.99. The predicted octanol–water partition coefficient (Wildman–Crippen LogP) is 7.07. The minimum absolute atomic E-state index is 0.0820. The predicted molar refractivity (Wildman–Crippen MR) is 157 cm³/mol. The van der Waals surface area contributed by atoms with Crippen molar-refractivity contribution < 1.29 is 28.9 Å². The molecule has 0 aliphatic carbocycles. The van der Waals surface area contributed by atoms with Gasteiger partial charge >= 0.3 is 0 Å². The van der Waals surface area contributed by atoms with Crippen LogP contribution in [0.4, 0.5) is 5.69 Å². The van der Waals surface area contributed by atoms with E-state index in [2.05, 4.69) is 20.8 Å². The van der Waals surface area contributed by atoms with E-state index >= 15 is 0 Å². The maximum Gasteiger partial charge on any atom is 0.300 e. The third kappa shape index (κ3) is 5.39. The molecular weight excluding hydrogens is 530 g/mol. The highest BCUT2D eigenvalue weighted by Gasteiger charge is 2.48. The van der Waals surface area contributed by atoms with Gasteiger partial charge in [0.1, 0.15) is 23.0 Å². The molecule has 3 aromatic rings. The Labute approximate surface area is 239 Å². The summed E-state index contributed by atoms with van der Waals surface area (Å²) in [5.74, 6) is -1.04. The highest BCUT2D eigenvalue weighted by Crippen LogP contribution is 2.47. The number of benzene rings is 3. The van der Waals surface area contributed by atoms with Gasteiger partial charge in [0.05, 0.1) is 48.7 Å². The molecule has 0 aromatic heterocycles. The van der Waals surface area contributed by atoms with Crippen LogP contribution in [0.3, 0.4) is 0 Å². The van der Waals surface area contributed by atoms with Gasteiger partial charge in [-0.25, -0.2) is 0 Å². The summed E-state index contributed by atoms with van der Waals surface area (Å²) in [5.41, 5.74) is 2.16. The van der Waals surface area contributed by atoms with Gasteiger partial charge in [0.2, 0.25) is 0 Å². The van der Waals surface area contributed by atoms with Crippen molar-refractivity contribution in [1.82, 2.24) is 0 Å². The maximum absolute atomic E-state index is 13.7. The number of carbonyl (C=O) groups excluding carboxylic acids is 2. The molecule has 1 heterocycles. The number of hydrogen-bond donors (Lipinski definition) is 1. The number of anilines is 1. The monoisotopic (exact) mass is 563 g/mol. The number of hydrogen-bond acceptors (Lipinski definition) is 6. The molecule has 1 N–H and O–H groups in total. The third-order valence-corrected chi connectivity index (χ3v) is 7.15. The second kappa shape index (κ2) is 11.6. The Bertz CT molecular complexity index is 1460. The first-order valence-corrected chi connectivity index (χ1v) is 13.5. The SMILES string of the molecule is CCCOc1ccccc1N1C(=O)C(=O)/C(=C(/O)c2cc(OC)c(Cl)cc2OC)C1c1ccc(C(C)(C)C)cc1. The fourth-order valence-electron chi connectivity index (χ4n) is 4.74. The van der Waals surface area contributed by atoms with Crippen molar-refractivity contribution in [2.45, 2.75) is 45.6 Å². The third-order valence-electron chi connectivity index (χ3n) is 6.85. The van der Waals surface area contributed by atoms with E-state index in [0.717, 1.165) is 12.0 Å². The van der Waals surface area contributed by atoms with Gasteiger partial charge in [-0.3, -0.25) is 14.5 Å². The first-order chi connectivity index (χ1) is 19.0. The van der Waals surface area contributed by atoms with E-state index in [1.54, 1.807) is 18.2 Å². The minimum Gasteiger partial charge on any atom is -0.507 e. The summed E-state index contributed by atoms with van der Waals surface area (Å²) < 4.78 is 16.8. The molecule has 7 nitrogen and oxygen atoms in total. The summed E-state index contributed by atoms with van der Waals surface area (Å²) >= 11 is 6.29. The lowest BCUT2D eigenvalue weighted by molar-refractivity contribution is -0.132. The molecule has 8 heteroatoms. The average molecular weight is 564 g/mol. The van der Waals surface area contributed by atoms with Gasteiger partial charge < -0.3 is 19.3 Å². The van der Waals surface area contributed by atoms with Crippen molar-refractivity contribution in [2.24, 2.45) is 0 Å². The Morgan fingerprint density at radius 3 is 2.20 bits per heavy atom. The van der Waals surface area contributed by atoms with Crippen LogP contribution in [0.15, 0.2) is 66.2 Å². The molecule has 1 unspecified atom stereocenters. The molecule has 0 bridgehead atoms. The van der Waals surface area contributed by atoms with E-state index in [-0.39, 0.29) is 33.1 Å². The Morgan fingerprint density at radius 1 is 0.950 bits per heavy atom. The minimum atomic E-state index is -0.938. The highest BCUT2D eigenvalue weighted by molar-refractivity contribution is 6.52. The van der Waals surface area contributed by atoms with Gasteiger partial charge in [-0.05, 0) is 41.2 Å². The second-order valence-corrected chi connectivity index (χ2v) is 11.0. The van der Waals surface area contributed by atoms with E-state index in [1.165, 1.54) is 31.3 Å². The summed E-state index contributed by atoms with van der Waals surface area (Å²) in [4.78, 5) is 28.8. The lowest BCUT2D eigenvalue weighted by atomic mass is 9.85. The lowest BCUT2D eigenvalue weighted by Crippen LogP contribution is -2.30. The average Bonchev–Trinajstić information content (AvgIpc) is 3.20. The molecular formula is C32H34ClNO6. The Kier molecular flexibility index (Phi) is 8.45. The summed E-state index contributed by atoms with van der Waals surface area (Å²) in [6, 6.07) is 16.8. The van der Waals surface area contributed by atoms with E-state index in [1.807, 2.05) is 37.3 Å². The van der Waals surface area contributed by atoms with Gasteiger partial charge in [-0.15, -0.1) is 0 Å². The fraction of sp³-hybridized carbons (Fsp3) is 0.312. The Hall–Kier alpha value is -3.97. The van der Waals surface area contributed by atoms with Crippen LogP contribution < -0.4 is 19.1 Å². The summed E-state index contributed by atoms with van der Waals surface area (Å²) in [6.45, 7) is 8.74. The van der Waals surface area contributed by atoms with Crippen LogP contribution >= 0.6 is 11.6 Å². The molecule has 1 amide bonds. The fourth-order valence-corrected chi connectivity index (χ4v) is 4.97. The standard InChI is InChI=1S/C32H34ClNO6/c1-7-16-40-24-11-9-8-10-23(24)34-28(19-12-14-20(15-13-19)32(2,3)4)27(30(36)31(34)37)29(35)21-17-26(39-6)22(33)18-25(21)38-5/h8-15,17-18,28,35H,7,16H2,1-6H3/b29-27+. The zero-order valence-corrected chi connectivity index (χ0v) is 24.3. The van der Waals surface area contributed by atoms with Crippen molar-refractivity contribution >= 4 is 34.7 Å². The highest BCUT2D eigenvalue weighted by atomic mass is 35.5. The van der Waals surface area contributed by atoms with Crippen molar-refractivity contribution in [3.8, 4) is 17.2 Å². The first kappa shape index (κ1) is 29.0. The van der Waals surface area contributed by atoms with Gasteiger partial charge in [0, 0.05) is 6.07 Å². The number of Topliss-reactive ketones (excluding diaryl/α,β-unsaturated/α-hetero) is 1. The van der Waals surface area contributed by atoms with E-state index in [4.69, 9.17) is 25.8 Å². The molecule has 1 aliphatic rings. The maximum atomic E-state index is 13.7. The van der Waals surface area contributed by atoms with Crippen LogP contribution in [0, 0.1) is 0 Å². The number of aliphatic hydroxyl groups is 1. The molecule has 40 heavy (non-hydrogen) atoms. The zero-order valence-electron chi connectivity index (χ0n) is 23.6. The largest absolute Gasteiger partial charge is 0.507 e. The van der Waals surface area contributed by atoms with Gasteiger partial charge in [0.25, 0.3) is 11.7 Å². The number of rotatable bonds is 8. The normalized spacial score (nSPS) is 16.8. The zero-order chi connectivity index (χ0) is 29.2. The number of aliphatic hydroxyl groups excluding tert-OH is 1. The van der Waals surface area contributed by atoms with Gasteiger partial charge in [0.15, 0.2) is 0 Å². The van der Waals surface area contributed by atoms with Crippen molar-refractivity contribution in [1.29, 1.82) is 0 Å². The Morgan fingerprint density at radius 2 is 1.60 bits per heavy atom. The molecule has 1 fully saturated rings.